The van der Waals surface area contributed by atoms with Crippen LogP contribution in [0.25, 0.3) is 0 Å². The summed E-state index contributed by atoms with van der Waals surface area (Å²) in [5.41, 5.74) is -0.988. The van der Waals surface area contributed by atoms with Gasteiger partial charge in [0, 0.05) is 6.07 Å². The van der Waals surface area contributed by atoms with Crippen LogP contribution in [0.3, 0.4) is 0 Å². The van der Waals surface area contributed by atoms with Gasteiger partial charge < -0.3 is 14.2 Å². The maximum Gasteiger partial charge on any atom is 0.265 e. The Balaban J connectivity index is 1.74. The Labute approximate surface area is 186 Å². The van der Waals surface area contributed by atoms with E-state index in [-0.39, 0.29) is 27.8 Å². The zero-order valence-electron chi connectivity index (χ0n) is 17.6. The van der Waals surface area contributed by atoms with Crippen LogP contribution in [0.2, 0.25) is 0 Å². The van der Waals surface area contributed by atoms with E-state index < -0.39 is 31.4 Å². The molecule has 0 radical (unpaired) electrons. The minimum atomic E-state index is -4.22. The number of anilines is 2. The minimum absolute atomic E-state index is 0.0119. The molecule has 2 aromatic rings. The summed E-state index contributed by atoms with van der Waals surface area (Å²) in [6.45, 7) is 3.79. The molecular formula is C20H22N2O8S2. The number of amides is 1. The van der Waals surface area contributed by atoms with E-state index >= 15 is 0 Å². The first-order valence-electron chi connectivity index (χ1n) is 9.63. The molecule has 4 rings (SSSR count). The van der Waals surface area contributed by atoms with Crippen LogP contribution in [-0.4, -0.2) is 48.8 Å². The molecule has 0 unspecified atom stereocenters. The zero-order chi connectivity index (χ0) is 23.3. The predicted octanol–water partition coefficient (Wildman–Crippen LogP) is 1.97. The molecule has 0 aliphatic carbocycles. The third-order valence-electron chi connectivity index (χ3n) is 5.05. The summed E-state index contributed by atoms with van der Waals surface area (Å²) in [4.78, 5) is 12.4. The van der Waals surface area contributed by atoms with Crippen molar-refractivity contribution in [3.63, 3.8) is 0 Å². The Kier molecular flexibility index (Phi) is 5.24. The fourth-order valence-corrected chi connectivity index (χ4v) is 6.92. The smallest absolute Gasteiger partial charge is 0.265 e. The van der Waals surface area contributed by atoms with Gasteiger partial charge in [-0.2, -0.15) is 0 Å². The fourth-order valence-electron chi connectivity index (χ4n) is 3.58. The summed E-state index contributed by atoms with van der Waals surface area (Å²) in [6.07, 6.45) is 0. The molecule has 12 heteroatoms. The van der Waals surface area contributed by atoms with Crippen molar-refractivity contribution in [2.75, 3.05) is 35.1 Å². The van der Waals surface area contributed by atoms with Crippen LogP contribution < -0.4 is 23.2 Å². The van der Waals surface area contributed by atoms with E-state index in [9.17, 15) is 21.6 Å². The average Bonchev–Trinajstić information content (AvgIpc) is 2.89. The first kappa shape index (κ1) is 22.2. The van der Waals surface area contributed by atoms with Gasteiger partial charge in [-0.25, -0.2) is 21.1 Å². The fraction of sp³-hybridized carbons (Fsp3) is 0.350. The van der Waals surface area contributed by atoms with Crippen LogP contribution in [0.4, 0.5) is 11.4 Å². The molecule has 10 nitrogen and oxygen atoms in total. The van der Waals surface area contributed by atoms with Crippen molar-refractivity contribution in [1.82, 2.24) is 0 Å². The molecule has 0 atom stereocenters. The van der Waals surface area contributed by atoms with Crippen molar-refractivity contribution in [3.8, 4) is 17.2 Å². The second-order valence-corrected chi connectivity index (χ2v) is 11.5. The molecule has 1 fully saturated rings. The Bertz CT molecular complexity index is 1300. The highest BCUT2D eigenvalue weighted by Crippen LogP contribution is 2.39. The third kappa shape index (κ3) is 3.84. The normalized spacial score (nSPS) is 19.0. The van der Waals surface area contributed by atoms with E-state index in [1.807, 2.05) is 0 Å². The topological polar surface area (TPSA) is 128 Å². The molecule has 0 saturated carbocycles. The number of carbonyl (C=O) groups is 1. The van der Waals surface area contributed by atoms with Gasteiger partial charge in [0.25, 0.3) is 10.0 Å². The summed E-state index contributed by atoms with van der Waals surface area (Å²) < 4.78 is 70.7. The number of benzene rings is 2. The van der Waals surface area contributed by atoms with Crippen molar-refractivity contribution < 1.29 is 35.8 Å². The summed E-state index contributed by atoms with van der Waals surface area (Å²) in [5.74, 6) is -0.122. The van der Waals surface area contributed by atoms with E-state index in [0.717, 1.165) is 6.07 Å². The summed E-state index contributed by atoms with van der Waals surface area (Å²) in [6, 6.07) is 8.33. The number of sulfonamides is 2. The molecule has 2 aliphatic heterocycles. The molecule has 1 saturated heterocycles. The van der Waals surface area contributed by atoms with Gasteiger partial charge in [0.15, 0.2) is 11.5 Å². The number of hydrogen-bond donors (Lipinski definition) is 1. The number of nitrogens with one attached hydrogen (secondary N) is 1. The molecule has 32 heavy (non-hydrogen) atoms. The minimum Gasteiger partial charge on any atom is -0.495 e. The van der Waals surface area contributed by atoms with E-state index in [4.69, 9.17) is 14.2 Å². The molecular weight excluding hydrogens is 460 g/mol. The van der Waals surface area contributed by atoms with Gasteiger partial charge in [0.05, 0.1) is 29.7 Å². The van der Waals surface area contributed by atoms with Crippen molar-refractivity contribution in [1.29, 1.82) is 0 Å². The number of methoxy groups -OCH3 is 1. The lowest BCUT2D eigenvalue weighted by Gasteiger charge is -2.20. The summed E-state index contributed by atoms with van der Waals surface area (Å²) >= 11 is 0. The van der Waals surface area contributed by atoms with E-state index in [1.165, 1.54) is 45.2 Å². The van der Waals surface area contributed by atoms with Crippen LogP contribution >= 0.6 is 0 Å². The van der Waals surface area contributed by atoms with E-state index in [1.54, 1.807) is 6.07 Å². The number of hydrogen-bond acceptors (Lipinski definition) is 8. The van der Waals surface area contributed by atoms with Crippen molar-refractivity contribution in [2.24, 2.45) is 5.41 Å². The van der Waals surface area contributed by atoms with Gasteiger partial charge in [-0.3, -0.25) is 9.52 Å². The largest absolute Gasteiger partial charge is 0.495 e. The Morgan fingerprint density at radius 1 is 1.06 bits per heavy atom. The number of rotatable bonds is 5. The van der Waals surface area contributed by atoms with Crippen LogP contribution in [-0.2, 0) is 24.8 Å². The SMILES string of the molecule is COc1ccc(N2C(=O)C(C)(C)CS2(=O)=O)cc1S(=O)(=O)Nc1ccc2c(c1)OCCO2. The lowest BCUT2D eigenvalue weighted by molar-refractivity contribution is -0.123. The number of nitrogens with zero attached hydrogens (tertiary/aromatic N) is 1. The highest BCUT2D eigenvalue weighted by atomic mass is 32.2. The first-order chi connectivity index (χ1) is 14.9. The number of carbonyl (C=O) groups excluding carboxylic acids is 1. The van der Waals surface area contributed by atoms with Gasteiger partial charge in [-0.05, 0) is 44.2 Å². The molecule has 1 N–H and O–H groups in total. The molecule has 172 valence electrons. The Morgan fingerprint density at radius 3 is 2.38 bits per heavy atom. The molecule has 2 heterocycles. The van der Waals surface area contributed by atoms with Crippen molar-refractivity contribution in [3.05, 3.63) is 36.4 Å². The lowest BCUT2D eigenvalue weighted by Crippen LogP contribution is -2.33. The van der Waals surface area contributed by atoms with Crippen molar-refractivity contribution in [2.45, 2.75) is 18.7 Å². The molecule has 0 bridgehead atoms. The number of fused-ring (bicyclic) bond motifs is 1. The predicted molar refractivity (Wildman–Crippen MR) is 116 cm³/mol. The second-order valence-electron chi connectivity index (χ2n) is 8.01. The van der Waals surface area contributed by atoms with E-state index in [2.05, 4.69) is 4.72 Å². The first-order valence-corrected chi connectivity index (χ1v) is 12.7. The van der Waals surface area contributed by atoms with Crippen LogP contribution in [0.15, 0.2) is 41.3 Å². The quantitative estimate of drug-likeness (QED) is 0.685. The molecule has 2 aliphatic rings. The Morgan fingerprint density at radius 2 is 1.75 bits per heavy atom. The molecule has 2 aromatic carbocycles. The summed E-state index contributed by atoms with van der Waals surface area (Å²) in [7, 11) is -6.88. The molecule has 1 amide bonds. The van der Waals surface area contributed by atoms with Gasteiger partial charge >= 0.3 is 0 Å². The monoisotopic (exact) mass is 482 g/mol. The number of ether oxygens (including phenoxy) is 3. The maximum absolute atomic E-state index is 13.2. The Hall–Kier alpha value is -2.99. The average molecular weight is 483 g/mol. The summed E-state index contributed by atoms with van der Waals surface area (Å²) in [5, 5.41) is 0. The zero-order valence-corrected chi connectivity index (χ0v) is 19.2. The lowest BCUT2D eigenvalue weighted by atomic mass is 9.95. The van der Waals surface area contributed by atoms with Gasteiger partial charge in [-0.15, -0.1) is 0 Å². The standard InChI is InChI=1S/C20H22N2O8S2/c1-20(2)12-31(24,25)22(19(20)23)14-5-7-16(28-3)18(11-14)32(26,27)21-13-4-6-15-17(10-13)30-9-8-29-15/h4-7,10-11,21H,8-9,12H2,1-3H3. The second kappa shape index (κ2) is 7.55. The van der Waals surface area contributed by atoms with E-state index in [0.29, 0.717) is 29.0 Å². The van der Waals surface area contributed by atoms with Gasteiger partial charge in [0.2, 0.25) is 15.9 Å². The van der Waals surface area contributed by atoms with Gasteiger partial charge in [-0.1, -0.05) is 0 Å². The van der Waals surface area contributed by atoms with Crippen LogP contribution in [0, 0.1) is 5.41 Å². The molecule has 0 spiro atoms. The van der Waals surface area contributed by atoms with Crippen LogP contribution in [0.1, 0.15) is 13.8 Å². The van der Waals surface area contributed by atoms with Crippen molar-refractivity contribution >= 4 is 37.3 Å². The maximum atomic E-state index is 13.2. The van der Waals surface area contributed by atoms with Gasteiger partial charge in [0.1, 0.15) is 23.9 Å². The highest BCUT2D eigenvalue weighted by molar-refractivity contribution is 7.94. The highest BCUT2D eigenvalue weighted by Gasteiger charge is 2.50. The molecule has 0 aromatic heterocycles. The third-order valence-corrected chi connectivity index (χ3v) is 8.47. The van der Waals surface area contributed by atoms with Crippen LogP contribution in [0.5, 0.6) is 17.2 Å².